The molecule has 1 N–H and O–H groups in total. The highest BCUT2D eigenvalue weighted by atomic mass is 32.1. The Morgan fingerprint density at radius 1 is 0.816 bits per heavy atom. The van der Waals surface area contributed by atoms with Crippen LogP contribution in [0.25, 0.3) is 42.8 Å². The molecule has 0 fully saturated rings. The fraction of sp³-hybridized carbons (Fsp3) is 0.114. The number of benzene rings is 5. The average Bonchev–Trinajstić information content (AvgIpc) is 3.83. The van der Waals surface area contributed by atoms with Crippen molar-refractivity contribution in [2.45, 2.75) is 24.9 Å². The molecule has 4 nitrogen and oxygen atoms in total. The number of nitrogens with one attached hydrogen (secondary N) is 1. The Kier molecular flexibility index (Phi) is 5.81. The molecule has 5 aromatic carbocycles. The number of anilines is 1. The molecule has 0 amide bonds. The van der Waals surface area contributed by atoms with Gasteiger partial charge in [0, 0.05) is 38.0 Å². The molecule has 234 valence electrons. The van der Waals surface area contributed by atoms with Gasteiger partial charge in [-0.05, 0) is 71.2 Å². The number of amidine groups is 1. The van der Waals surface area contributed by atoms with Gasteiger partial charge in [-0.1, -0.05) is 103 Å². The Bertz CT molecular complexity index is 2670. The molecule has 4 heterocycles. The minimum atomic E-state index is -0.0200. The molecule has 2 aliphatic heterocycles. The summed E-state index contributed by atoms with van der Waals surface area (Å²) in [6, 6.07) is 37.2. The van der Waals surface area contributed by atoms with Crippen LogP contribution >= 0.6 is 11.3 Å². The molecule has 49 heavy (non-hydrogen) atoms. The lowest BCUT2D eigenvalue weighted by Gasteiger charge is -2.31. The van der Waals surface area contributed by atoms with Crippen molar-refractivity contribution in [3.05, 3.63) is 167 Å². The van der Waals surface area contributed by atoms with Crippen LogP contribution in [0.1, 0.15) is 34.9 Å². The molecule has 11 rings (SSSR count). The zero-order chi connectivity index (χ0) is 32.1. The average molecular weight is 650 g/mol. The molecule has 0 saturated carbocycles. The van der Waals surface area contributed by atoms with Crippen molar-refractivity contribution >= 4 is 71.3 Å². The smallest absolute Gasteiger partial charge is 0.159 e. The normalized spacial score (nSPS) is 21.0. The molecule has 0 radical (unpaired) electrons. The minimum Gasteiger partial charge on any atom is -0.454 e. The van der Waals surface area contributed by atoms with Crippen LogP contribution in [0.15, 0.2) is 160 Å². The summed E-state index contributed by atoms with van der Waals surface area (Å²) in [6.45, 7) is 0. The SMILES string of the molecule is C1=CC2C3=C(C=CCC3)N(c3ccc(C4=Nc5c(sc6ccccc56)C(c5ccccc5)N4)c4c3oc3cc5ccccc5cc34)C2C=C1. The van der Waals surface area contributed by atoms with Crippen molar-refractivity contribution in [3.63, 3.8) is 0 Å². The molecule has 3 unspecified atom stereocenters. The van der Waals surface area contributed by atoms with Crippen molar-refractivity contribution in [2.24, 2.45) is 10.9 Å². The van der Waals surface area contributed by atoms with Crippen LogP contribution < -0.4 is 10.2 Å². The van der Waals surface area contributed by atoms with Crippen molar-refractivity contribution < 1.29 is 4.42 Å². The Labute approximate surface area is 287 Å². The van der Waals surface area contributed by atoms with E-state index in [1.54, 1.807) is 0 Å². The van der Waals surface area contributed by atoms with Crippen LogP contribution in [0.2, 0.25) is 0 Å². The van der Waals surface area contributed by atoms with Gasteiger partial charge in [0.1, 0.15) is 11.4 Å². The summed E-state index contributed by atoms with van der Waals surface area (Å²) in [5, 5.41) is 9.70. The molecular weight excluding hydrogens is 619 g/mol. The van der Waals surface area contributed by atoms with E-state index in [0.29, 0.717) is 5.92 Å². The van der Waals surface area contributed by atoms with Crippen LogP contribution in [0.4, 0.5) is 11.4 Å². The van der Waals surface area contributed by atoms with Gasteiger partial charge in [0.25, 0.3) is 0 Å². The summed E-state index contributed by atoms with van der Waals surface area (Å²) >= 11 is 1.83. The molecule has 0 saturated heterocycles. The molecule has 2 aliphatic carbocycles. The van der Waals surface area contributed by atoms with E-state index >= 15 is 0 Å². The Morgan fingerprint density at radius 2 is 1.63 bits per heavy atom. The number of thiophene rings is 1. The second-order valence-electron chi connectivity index (χ2n) is 13.4. The van der Waals surface area contributed by atoms with Gasteiger partial charge in [-0.2, -0.15) is 0 Å². The van der Waals surface area contributed by atoms with E-state index in [2.05, 4.69) is 150 Å². The fourth-order valence-corrected chi connectivity index (χ4v) is 9.74. The molecule has 7 aromatic rings. The van der Waals surface area contributed by atoms with E-state index in [0.717, 1.165) is 57.6 Å². The maximum atomic E-state index is 7.02. The first kappa shape index (κ1) is 27.3. The van der Waals surface area contributed by atoms with Gasteiger partial charge in [0.2, 0.25) is 0 Å². The maximum absolute atomic E-state index is 7.02. The number of nitrogens with zero attached hydrogens (tertiary/aromatic N) is 2. The minimum absolute atomic E-state index is 0.0200. The summed E-state index contributed by atoms with van der Waals surface area (Å²) in [5.74, 6) is 1.24. The number of fused-ring (bicyclic) bond motifs is 9. The van der Waals surface area contributed by atoms with Crippen LogP contribution in [-0.4, -0.2) is 11.9 Å². The molecular formula is C44H31N3OS. The molecule has 0 spiro atoms. The zero-order valence-electron chi connectivity index (χ0n) is 26.6. The third-order valence-electron chi connectivity index (χ3n) is 10.7. The molecule has 5 heteroatoms. The van der Waals surface area contributed by atoms with Gasteiger partial charge in [-0.15, -0.1) is 11.3 Å². The quantitative estimate of drug-likeness (QED) is 0.207. The second kappa shape index (κ2) is 10.4. The van der Waals surface area contributed by atoms with Gasteiger partial charge >= 0.3 is 0 Å². The molecule has 2 aromatic heterocycles. The Balaban J connectivity index is 1.19. The van der Waals surface area contributed by atoms with Crippen molar-refractivity contribution in [1.82, 2.24) is 5.32 Å². The lowest BCUT2D eigenvalue weighted by atomic mass is 9.87. The lowest BCUT2D eigenvalue weighted by Crippen LogP contribution is -2.33. The molecule has 3 atom stereocenters. The van der Waals surface area contributed by atoms with Crippen molar-refractivity contribution in [3.8, 4) is 0 Å². The summed E-state index contributed by atoms with van der Waals surface area (Å²) in [7, 11) is 0. The van der Waals surface area contributed by atoms with E-state index in [1.165, 1.54) is 42.6 Å². The van der Waals surface area contributed by atoms with Crippen LogP contribution in [0, 0.1) is 5.92 Å². The highest BCUT2D eigenvalue weighted by molar-refractivity contribution is 7.19. The predicted octanol–water partition coefficient (Wildman–Crippen LogP) is 11.3. The zero-order valence-corrected chi connectivity index (χ0v) is 27.5. The van der Waals surface area contributed by atoms with E-state index in [4.69, 9.17) is 9.41 Å². The first-order valence-electron chi connectivity index (χ1n) is 17.1. The second-order valence-corrected chi connectivity index (χ2v) is 14.5. The fourth-order valence-electron chi connectivity index (χ4n) is 8.52. The number of allylic oxidation sites excluding steroid dienone is 4. The van der Waals surface area contributed by atoms with Gasteiger partial charge in [0.05, 0.1) is 28.3 Å². The number of rotatable bonds is 3. The third-order valence-corrected chi connectivity index (χ3v) is 12.0. The third kappa shape index (κ3) is 4.00. The largest absolute Gasteiger partial charge is 0.454 e. The topological polar surface area (TPSA) is 40.8 Å². The van der Waals surface area contributed by atoms with Gasteiger partial charge in [0.15, 0.2) is 5.58 Å². The first-order chi connectivity index (χ1) is 24.3. The van der Waals surface area contributed by atoms with Gasteiger partial charge in [-0.25, -0.2) is 4.99 Å². The summed E-state index contributed by atoms with van der Waals surface area (Å²) in [6.07, 6.45) is 16.0. The van der Waals surface area contributed by atoms with Gasteiger partial charge < -0.3 is 14.6 Å². The molecule has 4 aliphatic rings. The van der Waals surface area contributed by atoms with E-state index in [9.17, 15) is 0 Å². The van der Waals surface area contributed by atoms with Crippen LogP contribution in [0.5, 0.6) is 0 Å². The summed E-state index contributed by atoms with van der Waals surface area (Å²) < 4.78 is 8.27. The first-order valence-corrected chi connectivity index (χ1v) is 18.0. The molecule has 0 bridgehead atoms. The number of furan rings is 1. The number of hydrogen-bond acceptors (Lipinski definition) is 5. The predicted molar refractivity (Wildman–Crippen MR) is 204 cm³/mol. The number of aliphatic imine (C=N–C) groups is 1. The highest BCUT2D eigenvalue weighted by Gasteiger charge is 2.40. The van der Waals surface area contributed by atoms with Gasteiger partial charge in [-0.3, -0.25) is 0 Å². The Hall–Kier alpha value is -5.65. The maximum Gasteiger partial charge on any atom is 0.159 e. The highest BCUT2D eigenvalue weighted by Crippen LogP contribution is 2.50. The standard InChI is InChI=1S/C44H31N3OS/c1-2-12-26(13-3-1)40-43-41(31-18-8-11-21-38(31)49-43)46-44(45-40)32-22-23-36(47-34-19-9-6-16-29(34)30-17-7-10-20-35(30)47)42-39(32)33-24-27-14-4-5-15-28(27)25-37(33)48-42/h1-6,8-16,18-25,29,34,40H,7,17H2,(H,45,46). The monoisotopic (exact) mass is 649 g/mol. The van der Waals surface area contributed by atoms with E-state index in [-0.39, 0.29) is 12.1 Å². The van der Waals surface area contributed by atoms with Crippen LogP contribution in [0.3, 0.4) is 0 Å². The Morgan fingerprint density at radius 3 is 2.55 bits per heavy atom. The summed E-state index contributed by atoms with van der Waals surface area (Å²) in [5.41, 5.74) is 9.06. The number of hydrogen-bond donors (Lipinski definition) is 1. The lowest BCUT2D eigenvalue weighted by molar-refractivity contribution is 0.645. The van der Waals surface area contributed by atoms with E-state index in [1.807, 2.05) is 11.3 Å². The van der Waals surface area contributed by atoms with Crippen LogP contribution in [-0.2, 0) is 0 Å². The van der Waals surface area contributed by atoms with Crippen molar-refractivity contribution in [1.29, 1.82) is 0 Å². The van der Waals surface area contributed by atoms with Crippen molar-refractivity contribution in [2.75, 3.05) is 4.90 Å². The summed E-state index contributed by atoms with van der Waals surface area (Å²) in [4.78, 5) is 9.23. The van der Waals surface area contributed by atoms with E-state index < -0.39 is 0 Å².